The van der Waals surface area contributed by atoms with Gasteiger partial charge in [-0.15, -0.1) is 5.10 Å². The maximum absolute atomic E-state index is 12.8. The minimum atomic E-state index is -0.0798. The Kier molecular flexibility index (Phi) is 5.30. The lowest BCUT2D eigenvalue weighted by Crippen LogP contribution is -2.44. The molecule has 2 heterocycles. The molecule has 1 fully saturated rings. The fraction of sp³-hybridized carbons (Fsp3) is 0.353. The van der Waals surface area contributed by atoms with Crippen LogP contribution >= 0.6 is 15.9 Å². The third kappa shape index (κ3) is 3.84. The van der Waals surface area contributed by atoms with Gasteiger partial charge in [0.1, 0.15) is 11.9 Å². The summed E-state index contributed by atoms with van der Waals surface area (Å²) in [5, 5.41) is 7.74. The first-order chi connectivity index (χ1) is 11.7. The Labute approximate surface area is 148 Å². The average Bonchev–Trinajstić information content (AvgIpc) is 2.63. The standard InChI is InChI=1S/C17H18BrN3O3/c1-23-12-6-7-15(18)14(10-12)17(22)21-9-3-4-13(11-21)24-16-5-2-8-19-20-16/h2,5-8,10,13H,3-4,9,11H2,1H3. The van der Waals surface area contributed by atoms with E-state index < -0.39 is 0 Å². The Balaban J connectivity index is 1.71. The number of benzene rings is 1. The van der Waals surface area contributed by atoms with Gasteiger partial charge in [0.2, 0.25) is 5.88 Å². The second-order valence-electron chi connectivity index (χ2n) is 5.54. The van der Waals surface area contributed by atoms with Crippen molar-refractivity contribution in [3.63, 3.8) is 0 Å². The molecule has 0 radical (unpaired) electrons. The largest absolute Gasteiger partial charge is 0.497 e. The van der Waals surface area contributed by atoms with Gasteiger partial charge in [-0.1, -0.05) is 0 Å². The minimum Gasteiger partial charge on any atom is -0.497 e. The summed E-state index contributed by atoms with van der Waals surface area (Å²) in [6, 6.07) is 8.94. The Morgan fingerprint density at radius 1 is 1.38 bits per heavy atom. The summed E-state index contributed by atoms with van der Waals surface area (Å²) in [6.45, 7) is 1.24. The van der Waals surface area contributed by atoms with Gasteiger partial charge in [-0.25, -0.2) is 0 Å². The summed E-state index contributed by atoms with van der Waals surface area (Å²) in [6.07, 6.45) is 3.30. The second-order valence-corrected chi connectivity index (χ2v) is 6.40. The molecule has 0 saturated carbocycles. The predicted octanol–water partition coefficient (Wildman–Crippen LogP) is 2.93. The number of methoxy groups -OCH3 is 1. The van der Waals surface area contributed by atoms with E-state index in [-0.39, 0.29) is 12.0 Å². The van der Waals surface area contributed by atoms with Crippen LogP contribution in [0.15, 0.2) is 41.0 Å². The van der Waals surface area contributed by atoms with E-state index in [9.17, 15) is 4.79 Å². The van der Waals surface area contributed by atoms with Crippen molar-refractivity contribution in [2.75, 3.05) is 20.2 Å². The summed E-state index contributed by atoms with van der Waals surface area (Å²) in [7, 11) is 1.59. The molecule has 1 aromatic carbocycles. The molecule has 1 aliphatic heterocycles. The molecule has 3 rings (SSSR count). The maximum Gasteiger partial charge on any atom is 0.255 e. The van der Waals surface area contributed by atoms with E-state index in [2.05, 4.69) is 26.1 Å². The Morgan fingerprint density at radius 3 is 3.00 bits per heavy atom. The number of halogens is 1. The highest BCUT2D eigenvalue weighted by Crippen LogP contribution is 2.25. The van der Waals surface area contributed by atoms with Crippen molar-refractivity contribution in [1.82, 2.24) is 15.1 Å². The molecule has 1 aromatic heterocycles. The van der Waals surface area contributed by atoms with Crippen molar-refractivity contribution >= 4 is 21.8 Å². The van der Waals surface area contributed by atoms with Gasteiger partial charge in [0.05, 0.1) is 19.2 Å². The predicted molar refractivity (Wildman–Crippen MR) is 92.3 cm³/mol. The van der Waals surface area contributed by atoms with Crippen LogP contribution < -0.4 is 9.47 Å². The minimum absolute atomic E-state index is 0.0341. The second kappa shape index (κ2) is 7.61. The van der Waals surface area contributed by atoms with Gasteiger partial charge in [-0.05, 0) is 53.0 Å². The lowest BCUT2D eigenvalue weighted by Gasteiger charge is -2.32. The lowest BCUT2D eigenvalue weighted by atomic mass is 10.1. The number of aromatic nitrogens is 2. The number of amides is 1. The molecule has 7 heteroatoms. The fourth-order valence-electron chi connectivity index (χ4n) is 2.71. The van der Waals surface area contributed by atoms with Crippen molar-refractivity contribution in [3.8, 4) is 11.6 Å². The molecule has 1 saturated heterocycles. The van der Waals surface area contributed by atoms with E-state index in [4.69, 9.17) is 9.47 Å². The van der Waals surface area contributed by atoms with Gasteiger partial charge in [0, 0.05) is 23.3 Å². The molecule has 24 heavy (non-hydrogen) atoms. The van der Waals surface area contributed by atoms with Crippen molar-refractivity contribution in [2.45, 2.75) is 18.9 Å². The molecule has 2 aromatic rings. The van der Waals surface area contributed by atoms with Crippen LogP contribution in [-0.2, 0) is 0 Å². The van der Waals surface area contributed by atoms with Crippen molar-refractivity contribution in [1.29, 1.82) is 0 Å². The summed E-state index contributed by atoms with van der Waals surface area (Å²) in [4.78, 5) is 14.7. The number of hydrogen-bond donors (Lipinski definition) is 0. The van der Waals surface area contributed by atoms with E-state index >= 15 is 0 Å². The monoisotopic (exact) mass is 391 g/mol. The van der Waals surface area contributed by atoms with Gasteiger partial charge in [-0.2, -0.15) is 5.10 Å². The summed E-state index contributed by atoms with van der Waals surface area (Å²) >= 11 is 3.44. The number of nitrogens with zero attached hydrogens (tertiary/aromatic N) is 3. The summed E-state index contributed by atoms with van der Waals surface area (Å²) in [5.41, 5.74) is 0.592. The zero-order valence-electron chi connectivity index (χ0n) is 13.3. The van der Waals surface area contributed by atoms with Crippen molar-refractivity contribution < 1.29 is 14.3 Å². The topological polar surface area (TPSA) is 64.5 Å². The number of rotatable bonds is 4. The number of carbonyl (C=O) groups excluding carboxylic acids is 1. The van der Waals surface area contributed by atoms with Crippen LogP contribution in [0.2, 0.25) is 0 Å². The number of piperidine rings is 1. The molecule has 1 unspecified atom stereocenters. The molecule has 1 aliphatic rings. The molecule has 0 aliphatic carbocycles. The van der Waals surface area contributed by atoms with Crippen LogP contribution in [0.5, 0.6) is 11.6 Å². The Morgan fingerprint density at radius 2 is 2.25 bits per heavy atom. The Hall–Kier alpha value is -2.15. The number of ether oxygens (including phenoxy) is 2. The van der Waals surface area contributed by atoms with Crippen LogP contribution in [0.4, 0.5) is 0 Å². The van der Waals surface area contributed by atoms with E-state index in [0.717, 1.165) is 17.3 Å². The molecule has 0 bridgehead atoms. The van der Waals surface area contributed by atoms with E-state index in [1.54, 1.807) is 31.5 Å². The highest BCUT2D eigenvalue weighted by atomic mass is 79.9. The lowest BCUT2D eigenvalue weighted by molar-refractivity contribution is 0.0524. The third-order valence-corrected chi connectivity index (χ3v) is 4.60. The Bertz CT molecular complexity index is 711. The molecule has 0 N–H and O–H groups in total. The first-order valence-corrected chi connectivity index (χ1v) is 8.54. The highest BCUT2D eigenvalue weighted by molar-refractivity contribution is 9.10. The molecule has 126 valence electrons. The van der Waals surface area contributed by atoms with Crippen LogP contribution in [-0.4, -0.2) is 47.3 Å². The molecular weight excluding hydrogens is 374 g/mol. The molecule has 0 spiro atoms. The smallest absolute Gasteiger partial charge is 0.255 e. The highest BCUT2D eigenvalue weighted by Gasteiger charge is 2.27. The van der Waals surface area contributed by atoms with E-state index in [1.165, 1.54) is 0 Å². The SMILES string of the molecule is COc1ccc(Br)c(C(=O)N2CCCC(Oc3cccnn3)C2)c1. The van der Waals surface area contributed by atoms with Crippen LogP contribution in [0.25, 0.3) is 0 Å². The van der Waals surface area contributed by atoms with Gasteiger partial charge in [0.25, 0.3) is 5.91 Å². The third-order valence-electron chi connectivity index (χ3n) is 3.90. The van der Waals surface area contributed by atoms with Crippen molar-refractivity contribution in [2.24, 2.45) is 0 Å². The zero-order chi connectivity index (χ0) is 16.9. The van der Waals surface area contributed by atoms with Gasteiger partial charge in [0.15, 0.2) is 0 Å². The normalized spacial score (nSPS) is 17.4. The average molecular weight is 392 g/mol. The van der Waals surface area contributed by atoms with Crippen LogP contribution in [0.3, 0.4) is 0 Å². The van der Waals surface area contributed by atoms with E-state index in [0.29, 0.717) is 30.3 Å². The van der Waals surface area contributed by atoms with Crippen molar-refractivity contribution in [3.05, 3.63) is 46.6 Å². The van der Waals surface area contributed by atoms with Gasteiger partial charge < -0.3 is 14.4 Å². The number of carbonyl (C=O) groups is 1. The van der Waals surface area contributed by atoms with Crippen LogP contribution in [0, 0.1) is 0 Å². The van der Waals surface area contributed by atoms with Crippen LogP contribution in [0.1, 0.15) is 23.2 Å². The number of likely N-dealkylation sites (tertiary alicyclic amines) is 1. The zero-order valence-corrected chi connectivity index (χ0v) is 14.9. The number of hydrogen-bond acceptors (Lipinski definition) is 5. The summed E-state index contributed by atoms with van der Waals surface area (Å²) < 4.78 is 11.8. The molecule has 1 amide bonds. The molecule has 6 nitrogen and oxygen atoms in total. The quantitative estimate of drug-likeness (QED) is 0.801. The van der Waals surface area contributed by atoms with Gasteiger partial charge in [-0.3, -0.25) is 4.79 Å². The van der Waals surface area contributed by atoms with E-state index in [1.807, 2.05) is 17.0 Å². The first-order valence-electron chi connectivity index (χ1n) is 7.74. The first kappa shape index (κ1) is 16.7. The fourth-order valence-corrected chi connectivity index (χ4v) is 3.12. The summed E-state index contributed by atoms with van der Waals surface area (Å²) in [5.74, 6) is 1.11. The van der Waals surface area contributed by atoms with Gasteiger partial charge >= 0.3 is 0 Å². The molecular formula is C17H18BrN3O3. The maximum atomic E-state index is 12.8. The molecule has 1 atom stereocenters.